The predicted molar refractivity (Wildman–Crippen MR) is 88.4 cm³/mol. The molecule has 1 aliphatic rings. The van der Waals surface area contributed by atoms with Crippen molar-refractivity contribution in [1.82, 2.24) is 10.2 Å². The number of thioether (sulfide) groups is 1. The van der Waals surface area contributed by atoms with Crippen LogP contribution in [0.25, 0.3) is 0 Å². The number of hydrogen-bond acceptors (Lipinski definition) is 3. The van der Waals surface area contributed by atoms with Crippen molar-refractivity contribution in [2.75, 3.05) is 25.4 Å². The molecule has 0 unspecified atom stereocenters. The van der Waals surface area contributed by atoms with Crippen molar-refractivity contribution in [2.45, 2.75) is 25.2 Å². The minimum atomic E-state index is -0.00898. The number of carbonyl (C=O) groups excluding carboxylic acids is 1. The van der Waals surface area contributed by atoms with Crippen LogP contribution in [-0.2, 0) is 0 Å². The molecule has 4 nitrogen and oxygen atoms in total. The molecule has 1 saturated heterocycles. The summed E-state index contributed by atoms with van der Waals surface area (Å²) < 4.78 is 5.76. The SMILES string of the molecule is CC(C)SCCNC(=O)N1CC(Oc2cccc(Cl)c2)C1. The smallest absolute Gasteiger partial charge is 0.317 e. The molecule has 116 valence electrons. The molecule has 2 amide bonds. The fourth-order valence-electron chi connectivity index (χ4n) is 1.98. The second kappa shape index (κ2) is 7.80. The second-order valence-electron chi connectivity index (χ2n) is 5.25. The van der Waals surface area contributed by atoms with Crippen LogP contribution >= 0.6 is 23.4 Å². The van der Waals surface area contributed by atoms with E-state index in [1.54, 1.807) is 11.0 Å². The van der Waals surface area contributed by atoms with Crippen molar-refractivity contribution in [3.05, 3.63) is 29.3 Å². The molecule has 0 bridgehead atoms. The highest BCUT2D eigenvalue weighted by atomic mass is 35.5. The lowest BCUT2D eigenvalue weighted by molar-refractivity contribution is 0.0447. The summed E-state index contributed by atoms with van der Waals surface area (Å²) in [5, 5.41) is 4.18. The Morgan fingerprint density at radius 2 is 2.29 bits per heavy atom. The number of halogens is 1. The third-order valence-electron chi connectivity index (χ3n) is 3.06. The van der Waals surface area contributed by atoms with Gasteiger partial charge in [-0.25, -0.2) is 4.79 Å². The molecule has 0 saturated carbocycles. The summed E-state index contributed by atoms with van der Waals surface area (Å²) in [4.78, 5) is 13.6. The zero-order valence-electron chi connectivity index (χ0n) is 12.3. The molecule has 21 heavy (non-hydrogen) atoms. The summed E-state index contributed by atoms with van der Waals surface area (Å²) >= 11 is 7.75. The molecule has 1 aromatic rings. The molecule has 0 radical (unpaired) electrons. The maximum atomic E-state index is 11.9. The molecule has 1 aliphatic heterocycles. The van der Waals surface area contributed by atoms with Crippen LogP contribution in [0.5, 0.6) is 5.75 Å². The maximum Gasteiger partial charge on any atom is 0.317 e. The molecule has 0 atom stereocenters. The van der Waals surface area contributed by atoms with Gasteiger partial charge < -0.3 is 15.0 Å². The predicted octanol–water partition coefficient (Wildman–Crippen LogP) is 3.25. The highest BCUT2D eigenvalue weighted by Crippen LogP contribution is 2.21. The van der Waals surface area contributed by atoms with E-state index in [1.165, 1.54) is 0 Å². The number of hydrogen-bond donors (Lipinski definition) is 1. The quantitative estimate of drug-likeness (QED) is 0.815. The van der Waals surface area contributed by atoms with Crippen LogP contribution in [0.15, 0.2) is 24.3 Å². The van der Waals surface area contributed by atoms with E-state index in [1.807, 2.05) is 30.0 Å². The van der Waals surface area contributed by atoms with Crippen molar-refractivity contribution in [3.63, 3.8) is 0 Å². The third kappa shape index (κ3) is 5.32. The number of likely N-dealkylation sites (tertiary alicyclic amines) is 1. The van der Waals surface area contributed by atoms with Crippen molar-refractivity contribution >= 4 is 29.4 Å². The second-order valence-corrected chi connectivity index (χ2v) is 7.37. The van der Waals surface area contributed by atoms with E-state index in [-0.39, 0.29) is 12.1 Å². The number of amides is 2. The van der Waals surface area contributed by atoms with Gasteiger partial charge in [-0.3, -0.25) is 0 Å². The van der Waals surface area contributed by atoms with E-state index < -0.39 is 0 Å². The van der Waals surface area contributed by atoms with Gasteiger partial charge in [-0.15, -0.1) is 0 Å². The van der Waals surface area contributed by atoms with Crippen LogP contribution in [0.2, 0.25) is 5.02 Å². The van der Waals surface area contributed by atoms with Gasteiger partial charge in [0.05, 0.1) is 13.1 Å². The van der Waals surface area contributed by atoms with Gasteiger partial charge in [-0.1, -0.05) is 31.5 Å². The summed E-state index contributed by atoms with van der Waals surface area (Å²) in [5.74, 6) is 1.69. The Bertz CT molecular complexity index is 478. The molecular formula is C15H21ClN2O2S. The largest absolute Gasteiger partial charge is 0.487 e. The van der Waals surface area contributed by atoms with E-state index in [4.69, 9.17) is 16.3 Å². The monoisotopic (exact) mass is 328 g/mol. The summed E-state index contributed by atoms with van der Waals surface area (Å²) in [5.41, 5.74) is 0. The van der Waals surface area contributed by atoms with Crippen LogP contribution in [0.1, 0.15) is 13.8 Å². The van der Waals surface area contributed by atoms with E-state index in [0.717, 1.165) is 11.5 Å². The summed E-state index contributed by atoms with van der Waals surface area (Å²) in [6, 6.07) is 7.31. The average Bonchev–Trinajstić information content (AvgIpc) is 2.38. The number of carbonyl (C=O) groups is 1. The van der Waals surface area contributed by atoms with Gasteiger partial charge in [0.15, 0.2) is 0 Å². The van der Waals surface area contributed by atoms with Crippen LogP contribution in [-0.4, -0.2) is 47.7 Å². The Kier molecular flexibility index (Phi) is 6.06. The standard InChI is InChI=1S/C15H21ClN2O2S/c1-11(2)21-7-6-17-15(19)18-9-14(10-18)20-13-5-3-4-12(16)8-13/h3-5,8,11,14H,6-7,9-10H2,1-2H3,(H,17,19). The van der Waals surface area contributed by atoms with Crippen molar-refractivity contribution in [3.8, 4) is 5.75 Å². The Morgan fingerprint density at radius 3 is 2.95 bits per heavy atom. The minimum Gasteiger partial charge on any atom is -0.487 e. The lowest BCUT2D eigenvalue weighted by atomic mass is 10.2. The van der Waals surface area contributed by atoms with Gasteiger partial charge in [0, 0.05) is 17.3 Å². The zero-order chi connectivity index (χ0) is 15.2. The molecule has 1 N–H and O–H groups in total. The first-order valence-electron chi connectivity index (χ1n) is 7.11. The number of ether oxygens (including phenoxy) is 1. The van der Waals surface area contributed by atoms with Gasteiger partial charge >= 0.3 is 6.03 Å². The fraction of sp³-hybridized carbons (Fsp3) is 0.533. The van der Waals surface area contributed by atoms with Crippen LogP contribution < -0.4 is 10.1 Å². The zero-order valence-corrected chi connectivity index (χ0v) is 13.9. The van der Waals surface area contributed by atoms with Crippen LogP contribution in [0.4, 0.5) is 4.79 Å². The molecule has 1 heterocycles. The lowest BCUT2D eigenvalue weighted by Crippen LogP contribution is -2.59. The fourth-order valence-corrected chi connectivity index (χ4v) is 2.85. The number of rotatable bonds is 6. The topological polar surface area (TPSA) is 41.6 Å². The highest BCUT2D eigenvalue weighted by Gasteiger charge is 2.32. The Morgan fingerprint density at radius 1 is 1.52 bits per heavy atom. The number of benzene rings is 1. The van der Waals surface area contributed by atoms with Gasteiger partial charge in [0.25, 0.3) is 0 Å². The summed E-state index contributed by atoms with van der Waals surface area (Å²) in [7, 11) is 0. The minimum absolute atomic E-state index is 0.00898. The Labute approximate surface area is 135 Å². The molecule has 2 rings (SSSR count). The van der Waals surface area contributed by atoms with Crippen molar-refractivity contribution in [1.29, 1.82) is 0 Å². The first-order valence-corrected chi connectivity index (χ1v) is 8.54. The molecule has 1 fully saturated rings. The molecule has 1 aromatic carbocycles. The van der Waals surface area contributed by atoms with E-state index >= 15 is 0 Å². The third-order valence-corrected chi connectivity index (χ3v) is 4.41. The van der Waals surface area contributed by atoms with E-state index in [0.29, 0.717) is 29.9 Å². The van der Waals surface area contributed by atoms with Gasteiger partial charge in [0.1, 0.15) is 11.9 Å². The number of nitrogens with one attached hydrogen (secondary N) is 1. The summed E-state index contributed by atoms with van der Waals surface area (Å²) in [6.07, 6.45) is 0.0549. The Hall–Kier alpha value is -1.07. The molecule has 0 aromatic heterocycles. The van der Waals surface area contributed by atoms with Crippen LogP contribution in [0, 0.1) is 0 Å². The van der Waals surface area contributed by atoms with Crippen molar-refractivity contribution in [2.24, 2.45) is 0 Å². The van der Waals surface area contributed by atoms with Crippen LogP contribution in [0.3, 0.4) is 0 Å². The molecule has 6 heteroatoms. The van der Waals surface area contributed by atoms with E-state index in [9.17, 15) is 4.79 Å². The first kappa shape index (κ1) is 16.3. The summed E-state index contributed by atoms with van der Waals surface area (Å²) in [6.45, 7) is 6.25. The average molecular weight is 329 g/mol. The highest BCUT2D eigenvalue weighted by molar-refractivity contribution is 7.99. The van der Waals surface area contributed by atoms with E-state index in [2.05, 4.69) is 19.2 Å². The number of urea groups is 1. The lowest BCUT2D eigenvalue weighted by Gasteiger charge is -2.38. The van der Waals surface area contributed by atoms with Gasteiger partial charge in [-0.05, 0) is 23.4 Å². The Balaban J connectivity index is 1.63. The molecule has 0 aliphatic carbocycles. The van der Waals surface area contributed by atoms with Gasteiger partial charge in [-0.2, -0.15) is 11.8 Å². The first-order chi connectivity index (χ1) is 10.0. The van der Waals surface area contributed by atoms with Gasteiger partial charge in [0.2, 0.25) is 0 Å². The normalized spacial score (nSPS) is 15.0. The molecule has 0 spiro atoms. The maximum absolute atomic E-state index is 11.9. The number of nitrogens with zero attached hydrogens (tertiary/aromatic N) is 1. The molecular weight excluding hydrogens is 308 g/mol. The van der Waals surface area contributed by atoms with Crippen molar-refractivity contribution < 1.29 is 9.53 Å².